The van der Waals surface area contributed by atoms with Crippen LogP contribution in [-0.4, -0.2) is 18.0 Å². The van der Waals surface area contributed by atoms with E-state index >= 15 is 0 Å². The van der Waals surface area contributed by atoms with E-state index in [-0.39, 0.29) is 5.91 Å². The predicted molar refractivity (Wildman–Crippen MR) is 82.2 cm³/mol. The van der Waals surface area contributed by atoms with Gasteiger partial charge in [-0.25, -0.2) is 0 Å². The Labute approximate surface area is 124 Å². The van der Waals surface area contributed by atoms with Gasteiger partial charge in [-0.2, -0.15) is 0 Å². The first-order valence-electron chi connectivity index (χ1n) is 6.79. The molecule has 110 valence electrons. The van der Waals surface area contributed by atoms with Gasteiger partial charge in [0.05, 0.1) is 19.3 Å². The number of carbonyl (C=O) groups excluding carboxylic acids is 1. The normalized spacial score (nSPS) is 10.2. The minimum atomic E-state index is -0.201. The number of benzene rings is 1. The molecule has 3 N–H and O–H groups in total. The lowest BCUT2D eigenvalue weighted by molar-refractivity contribution is 0.0950. The molecule has 0 unspecified atom stereocenters. The maximum Gasteiger partial charge on any atom is 0.251 e. The summed E-state index contributed by atoms with van der Waals surface area (Å²) in [7, 11) is 1.54. The van der Waals surface area contributed by atoms with Crippen molar-refractivity contribution in [2.45, 2.75) is 19.9 Å². The summed E-state index contributed by atoms with van der Waals surface area (Å²) in [5.74, 6) is 0.362. The molecule has 0 saturated heterocycles. The first-order valence-corrected chi connectivity index (χ1v) is 6.79. The van der Waals surface area contributed by atoms with Crippen LogP contribution >= 0.6 is 0 Å². The Balaban J connectivity index is 2.10. The van der Waals surface area contributed by atoms with Crippen molar-refractivity contribution in [3.8, 4) is 5.75 Å². The average Bonchev–Trinajstić information content (AvgIpc) is 2.52. The lowest BCUT2D eigenvalue weighted by atomic mass is 10.1. The number of ether oxygens (including phenoxy) is 1. The quantitative estimate of drug-likeness (QED) is 0.825. The third-order valence-corrected chi connectivity index (χ3v) is 3.21. The van der Waals surface area contributed by atoms with Crippen LogP contribution < -0.4 is 15.8 Å². The van der Waals surface area contributed by atoms with Gasteiger partial charge in [-0.1, -0.05) is 13.0 Å². The van der Waals surface area contributed by atoms with Gasteiger partial charge in [0.2, 0.25) is 0 Å². The van der Waals surface area contributed by atoms with Crippen molar-refractivity contribution >= 4 is 11.6 Å². The van der Waals surface area contributed by atoms with Crippen LogP contribution in [0.4, 0.5) is 5.69 Å². The van der Waals surface area contributed by atoms with Crippen LogP contribution in [0.2, 0.25) is 0 Å². The summed E-state index contributed by atoms with van der Waals surface area (Å²) in [6.45, 7) is 2.45. The van der Waals surface area contributed by atoms with E-state index in [0.29, 0.717) is 23.5 Å². The molecule has 5 heteroatoms. The first-order chi connectivity index (χ1) is 10.1. The third-order valence-electron chi connectivity index (χ3n) is 3.21. The van der Waals surface area contributed by atoms with Crippen molar-refractivity contribution in [2.24, 2.45) is 0 Å². The van der Waals surface area contributed by atoms with Crippen molar-refractivity contribution in [3.63, 3.8) is 0 Å². The second kappa shape index (κ2) is 6.74. The van der Waals surface area contributed by atoms with Crippen LogP contribution in [0.5, 0.6) is 5.75 Å². The SMILES string of the molecule is CCc1cccnc1CNC(=O)c1cc(N)cc(OC)c1. The molecule has 21 heavy (non-hydrogen) atoms. The highest BCUT2D eigenvalue weighted by atomic mass is 16.5. The summed E-state index contributed by atoms with van der Waals surface area (Å²) in [5.41, 5.74) is 8.73. The topological polar surface area (TPSA) is 77.2 Å². The number of aromatic nitrogens is 1. The fourth-order valence-electron chi connectivity index (χ4n) is 2.09. The Hall–Kier alpha value is -2.56. The standard InChI is InChI=1S/C16H19N3O2/c1-3-11-5-4-6-18-15(11)10-19-16(20)12-7-13(17)9-14(8-12)21-2/h4-9H,3,10,17H2,1-2H3,(H,19,20). The number of carbonyl (C=O) groups is 1. The molecular formula is C16H19N3O2. The summed E-state index contributed by atoms with van der Waals surface area (Å²) in [5, 5.41) is 2.86. The smallest absolute Gasteiger partial charge is 0.251 e. The van der Waals surface area contributed by atoms with Crippen molar-refractivity contribution in [3.05, 3.63) is 53.3 Å². The van der Waals surface area contributed by atoms with Crippen molar-refractivity contribution in [1.82, 2.24) is 10.3 Å². The van der Waals surface area contributed by atoms with Gasteiger partial charge in [-0.3, -0.25) is 9.78 Å². The van der Waals surface area contributed by atoms with Gasteiger partial charge in [-0.15, -0.1) is 0 Å². The molecule has 0 bridgehead atoms. The molecule has 0 aliphatic heterocycles. The highest BCUT2D eigenvalue weighted by molar-refractivity contribution is 5.95. The Morgan fingerprint density at radius 1 is 1.38 bits per heavy atom. The number of nitrogens with zero attached hydrogens (tertiary/aromatic N) is 1. The second-order valence-corrected chi connectivity index (χ2v) is 4.64. The van der Waals surface area contributed by atoms with E-state index in [1.165, 1.54) is 7.11 Å². The predicted octanol–water partition coefficient (Wildman–Crippen LogP) is 2.16. The third kappa shape index (κ3) is 3.72. The molecule has 1 heterocycles. The number of rotatable bonds is 5. The van der Waals surface area contributed by atoms with Crippen LogP contribution in [0.15, 0.2) is 36.5 Å². The van der Waals surface area contributed by atoms with Crippen LogP contribution in [0, 0.1) is 0 Å². The molecule has 0 saturated carbocycles. The highest BCUT2D eigenvalue weighted by Gasteiger charge is 2.09. The van der Waals surface area contributed by atoms with E-state index in [0.717, 1.165) is 17.7 Å². The van der Waals surface area contributed by atoms with Crippen molar-refractivity contribution in [1.29, 1.82) is 0 Å². The largest absolute Gasteiger partial charge is 0.497 e. The van der Waals surface area contributed by atoms with Crippen molar-refractivity contribution in [2.75, 3.05) is 12.8 Å². The van der Waals surface area contributed by atoms with Gasteiger partial charge < -0.3 is 15.8 Å². The molecule has 1 aromatic carbocycles. The van der Waals surface area contributed by atoms with Gasteiger partial charge >= 0.3 is 0 Å². The second-order valence-electron chi connectivity index (χ2n) is 4.64. The number of methoxy groups -OCH3 is 1. The van der Waals surface area contributed by atoms with Crippen LogP contribution in [-0.2, 0) is 13.0 Å². The van der Waals surface area contributed by atoms with Crippen molar-refractivity contribution < 1.29 is 9.53 Å². The summed E-state index contributed by atoms with van der Waals surface area (Å²) in [4.78, 5) is 16.5. The van der Waals surface area contributed by atoms with E-state index < -0.39 is 0 Å². The molecule has 0 aliphatic rings. The molecule has 5 nitrogen and oxygen atoms in total. The zero-order chi connectivity index (χ0) is 15.2. The zero-order valence-electron chi connectivity index (χ0n) is 12.2. The van der Waals surface area contributed by atoms with E-state index in [9.17, 15) is 4.79 Å². The minimum Gasteiger partial charge on any atom is -0.497 e. The van der Waals surface area contributed by atoms with Gasteiger partial charge in [0.25, 0.3) is 5.91 Å². The van der Waals surface area contributed by atoms with E-state index in [1.807, 2.05) is 12.1 Å². The Bertz CT molecular complexity index is 641. The number of amides is 1. The molecule has 2 rings (SSSR count). The summed E-state index contributed by atoms with van der Waals surface area (Å²) >= 11 is 0. The fourth-order valence-corrected chi connectivity index (χ4v) is 2.09. The number of nitrogen functional groups attached to an aromatic ring is 1. The van der Waals surface area contributed by atoms with Crippen LogP contribution in [0.3, 0.4) is 0 Å². The minimum absolute atomic E-state index is 0.201. The van der Waals surface area contributed by atoms with Gasteiger partial charge in [0, 0.05) is 23.5 Å². The highest BCUT2D eigenvalue weighted by Crippen LogP contribution is 2.18. The molecule has 0 radical (unpaired) electrons. The zero-order valence-corrected chi connectivity index (χ0v) is 12.2. The average molecular weight is 285 g/mol. The van der Waals surface area contributed by atoms with E-state index in [4.69, 9.17) is 10.5 Å². The van der Waals surface area contributed by atoms with Gasteiger partial charge in [0.1, 0.15) is 5.75 Å². The number of pyridine rings is 1. The summed E-state index contributed by atoms with van der Waals surface area (Å²) in [6.07, 6.45) is 2.61. The lowest BCUT2D eigenvalue weighted by Crippen LogP contribution is -2.24. The molecule has 0 spiro atoms. The number of aryl methyl sites for hydroxylation is 1. The number of nitrogens with two attached hydrogens (primary N) is 1. The van der Waals surface area contributed by atoms with Gasteiger partial charge in [0.15, 0.2) is 0 Å². The Kier molecular flexibility index (Phi) is 4.77. The number of hydrogen-bond acceptors (Lipinski definition) is 4. The molecule has 0 fully saturated rings. The first kappa shape index (κ1) is 14.8. The maximum absolute atomic E-state index is 12.2. The monoisotopic (exact) mass is 285 g/mol. The maximum atomic E-state index is 12.2. The molecule has 2 aromatic rings. The van der Waals surface area contributed by atoms with Crippen LogP contribution in [0.25, 0.3) is 0 Å². The van der Waals surface area contributed by atoms with E-state index in [2.05, 4.69) is 17.2 Å². The van der Waals surface area contributed by atoms with Gasteiger partial charge in [-0.05, 0) is 30.2 Å². The van der Waals surface area contributed by atoms with E-state index in [1.54, 1.807) is 24.4 Å². The molecule has 1 aromatic heterocycles. The lowest BCUT2D eigenvalue weighted by Gasteiger charge is -2.10. The molecule has 1 amide bonds. The van der Waals surface area contributed by atoms with Crippen LogP contribution in [0.1, 0.15) is 28.5 Å². The number of hydrogen-bond donors (Lipinski definition) is 2. The molecule has 0 atom stereocenters. The Morgan fingerprint density at radius 3 is 2.90 bits per heavy atom. The summed E-state index contributed by atoms with van der Waals surface area (Å²) < 4.78 is 5.11. The number of nitrogens with one attached hydrogen (secondary N) is 1. The molecular weight excluding hydrogens is 266 g/mol. The summed E-state index contributed by atoms with van der Waals surface area (Å²) in [6, 6.07) is 8.86. The fraction of sp³-hybridized carbons (Fsp3) is 0.250. The number of anilines is 1. The molecule has 0 aliphatic carbocycles. The Morgan fingerprint density at radius 2 is 2.19 bits per heavy atom.